The zero-order chi connectivity index (χ0) is 11.4. The van der Waals surface area contributed by atoms with E-state index in [1.54, 1.807) is 6.20 Å². The molecule has 0 atom stereocenters. The van der Waals surface area contributed by atoms with Crippen molar-refractivity contribution in [3.05, 3.63) is 30.5 Å². The van der Waals surface area contributed by atoms with E-state index in [0.717, 1.165) is 22.3 Å². The third-order valence-electron chi connectivity index (χ3n) is 2.42. The second-order valence-electron chi connectivity index (χ2n) is 3.64. The summed E-state index contributed by atoms with van der Waals surface area (Å²) < 4.78 is 0. The van der Waals surface area contributed by atoms with Crippen LogP contribution < -0.4 is 11.1 Å². The lowest BCUT2D eigenvalue weighted by Crippen LogP contribution is -2.05. The van der Waals surface area contributed by atoms with Gasteiger partial charge in [0.1, 0.15) is 5.82 Å². The highest BCUT2D eigenvalue weighted by molar-refractivity contribution is 5.93. The maximum atomic E-state index is 8.72. The number of fused-ring (bicyclic) bond motifs is 1. The number of anilines is 2. The third-order valence-corrected chi connectivity index (χ3v) is 2.42. The van der Waals surface area contributed by atoms with Crippen molar-refractivity contribution >= 4 is 22.3 Å². The maximum absolute atomic E-state index is 8.72. The molecule has 0 aliphatic heterocycles. The standard InChI is InChI=1S/C12H15N3O/c13-10-3-2-9-4-6-15-12(11(9)8-10)14-5-1-7-16/h2-4,6,8,16H,1,5,7,13H2,(H,14,15). The van der Waals surface area contributed by atoms with Crippen LogP contribution in [0.4, 0.5) is 11.5 Å². The first-order valence-corrected chi connectivity index (χ1v) is 5.30. The molecule has 0 aliphatic rings. The minimum Gasteiger partial charge on any atom is -0.399 e. The Morgan fingerprint density at radius 3 is 3.00 bits per heavy atom. The second kappa shape index (κ2) is 4.81. The number of hydrogen-bond acceptors (Lipinski definition) is 4. The van der Waals surface area contributed by atoms with Gasteiger partial charge in [-0.2, -0.15) is 0 Å². The normalized spacial score (nSPS) is 10.6. The molecule has 0 bridgehead atoms. The molecule has 16 heavy (non-hydrogen) atoms. The summed E-state index contributed by atoms with van der Waals surface area (Å²) in [4.78, 5) is 4.27. The fourth-order valence-electron chi connectivity index (χ4n) is 1.61. The van der Waals surface area contributed by atoms with Crippen LogP contribution >= 0.6 is 0 Å². The van der Waals surface area contributed by atoms with Crippen LogP contribution in [0.3, 0.4) is 0 Å². The van der Waals surface area contributed by atoms with Crippen LogP contribution in [0.5, 0.6) is 0 Å². The van der Waals surface area contributed by atoms with Gasteiger partial charge in [-0.3, -0.25) is 0 Å². The average Bonchev–Trinajstić information content (AvgIpc) is 2.30. The van der Waals surface area contributed by atoms with Crippen molar-refractivity contribution in [2.45, 2.75) is 6.42 Å². The van der Waals surface area contributed by atoms with Crippen molar-refractivity contribution in [1.29, 1.82) is 0 Å². The molecule has 4 heteroatoms. The number of nitrogen functional groups attached to an aromatic ring is 1. The Kier molecular flexibility index (Phi) is 3.22. The van der Waals surface area contributed by atoms with Gasteiger partial charge in [0.15, 0.2) is 0 Å². The number of nitrogens with two attached hydrogens (primary N) is 1. The first kappa shape index (κ1) is 10.7. The molecule has 0 amide bonds. The minimum atomic E-state index is 0.180. The van der Waals surface area contributed by atoms with Crippen molar-refractivity contribution in [2.75, 3.05) is 24.2 Å². The molecule has 0 unspecified atom stereocenters. The van der Waals surface area contributed by atoms with Crippen molar-refractivity contribution < 1.29 is 5.11 Å². The lowest BCUT2D eigenvalue weighted by Gasteiger charge is -2.08. The predicted octanol–water partition coefficient (Wildman–Crippen LogP) is 1.61. The number of hydrogen-bond donors (Lipinski definition) is 3. The fraction of sp³-hybridized carbons (Fsp3) is 0.250. The summed E-state index contributed by atoms with van der Waals surface area (Å²) in [6.45, 7) is 0.886. The predicted molar refractivity (Wildman–Crippen MR) is 66.3 cm³/mol. The zero-order valence-corrected chi connectivity index (χ0v) is 8.98. The Labute approximate surface area is 94.1 Å². The lowest BCUT2D eigenvalue weighted by molar-refractivity contribution is 0.292. The van der Waals surface area contributed by atoms with E-state index in [1.165, 1.54) is 0 Å². The molecule has 1 aromatic heterocycles. The highest BCUT2D eigenvalue weighted by Gasteiger charge is 2.01. The number of aliphatic hydroxyl groups is 1. The fourth-order valence-corrected chi connectivity index (χ4v) is 1.61. The Morgan fingerprint density at radius 1 is 1.31 bits per heavy atom. The van der Waals surface area contributed by atoms with Gasteiger partial charge in [0.25, 0.3) is 0 Å². The molecule has 0 fully saturated rings. The number of nitrogens with zero attached hydrogens (tertiary/aromatic N) is 1. The zero-order valence-electron chi connectivity index (χ0n) is 8.98. The molecule has 0 spiro atoms. The first-order valence-electron chi connectivity index (χ1n) is 5.30. The van der Waals surface area contributed by atoms with Gasteiger partial charge in [-0.1, -0.05) is 6.07 Å². The van der Waals surface area contributed by atoms with Gasteiger partial charge in [0, 0.05) is 30.4 Å². The molecule has 84 valence electrons. The van der Waals surface area contributed by atoms with E-state index < -0.39 is 0 Å². The smallest absolute Gasteiger partial charge is 0.133 e. The van der Waals surface area contributed by atoms with Gasteiger partial charge in [-0.15, -0.1) is 0 Å². The minimum absolute atomic E-state index is 0.180. The van der Waals surface area contributed by atoms with Gasteiger partial charge in [0.2, 0.25) is 0 Å². The van der Waals surface area contributed by atoms with E-state index in [9.17, 15) is 0 Å². The summed E-state index contributed by atoms with van der Waals surface area (Å²) in [7, 11) is 0. The molecule has 4 N–H and O–H groups in total. The highest BCUT2D eigenvalue weighted by Crippen LogP contribution is 2.23. The third kappa shape index (κ3) is 2.23. The molecule has 0 saturated heterocycles. The molecule has 1 aromatic carbocycles. The molecule has 2 aromatic rings. The Bertz CT molecular complexity index is 485. The topological polar surface area (TPSA) is 71.2 Å². The molecule has 1 heterocycles. The highest BCUT2D eigenvalue weighted by atomic mass is 16.3. The van der Waals surface area contributed by atoms with Gasteiger partial charge in [-0.25, -0.2) is 4.98 Å². The van der Waals surface area contributed by atoms with Crippen LogP contribution in [0.2, 0.25) is 0 Å². The largest absolute Gasteiger partial charge is 0.399 e. The van der Waals surface area contributed by atoms with Gasteiger partial charge >= 0.3 is 0 Å². The van der Waals surface area contributed by atoms with Crippen LogP contribution in [0, 0.1) is 0 Å². The number of pyridine rings is 1. The van der Waals surface area contributed by atoms with E-state index in [2.05, 4.69) is 10.3 Å². The van der Waals surface area contributed by atoms with Crippen LogP contribution in [-0.2, 0) is 0 Å². The first-order chi connectivity index (χ1) is 7.81. The Balaban J connectivity index is 2.32. The van der Waals surface area contributed by atoms with Gasteiger partial charge in [-0.05, 0) is 30.0 Å². The molecule has 4 nitrogen and oxygen atoms in total. The van der Waals surface area contributed by atoms with Crippen LogP contribution in [-0.4, -0.2) is 23.2 Å². The van der Waals surface area contributed by atoms with Crippen molar-refractivity contribution in [3.8, 4) is 0 Å². The molecule has 2 rings (SSSR count). The number of nitrogens with one attached hydrogen (secondary N) is 1. The van der Waals surface area contributed by atoms with Crippen LogP contribution in [0.1, 0.15) is 6.42 Å². The molecule has 0 saturated carbocycles. The quantitative estimate of drug-likeness (QED) is 0.537. The number of benzene rings is 1. The average molecular weight is 217 g/mol. The van der Waals surface area contributed by atoms with Crippen molar-refractivity contribution in [2.24, 2.45) is 0 Å². The maximum Gasteiger partial charge on any atom is 0.133 e. The molecular weight excluding hydrogens is 202 g/mol. The number of rotatable bonds is 4. The van der Waals surface area contributed by atoms with Crippen molar-refractivity contribution in [1.82, 2.24) is 4.98 Å². The van der Waals surface area contributed by atoms with E-state index in [4.69, 9.17) is 10.8 Å². The summed E-state index contributed by atoms with van der Waals surface area (Å²) in [5, 5.41) is 14.0. The van der Waals surface area contributed by atoms with Gasteiger partial charge < -0.3 is 16.2 Å². The van der Waals surface area contributed by atoms with Crippen molar-refractivity contribution in [3.63, 3.8) is 0 Å². The number of aromatic nitrogens is 1. The summed E-state index contributed by atoms with van der Waals surface area (Å²) in [6, 6.07) is 7.71. The molecule has 0 aliphatic carbocycles. The molecular formula is C12H15N3O. The Hall–Kier alpha value is -1.81. The van der Waals surface area contributed by atoms with Gasteiger partial charge in [0.05, 0.1) is 0 Å². The lowest BCUT2D eigenvalue weighted by atomic mass is 10.1. The van der Waals surface area contributed by atoms with E-state index in [0.29, 0.717) is 13.0 Å². The molecule has 0 radical (unpaired) electrons. The van der Waals surface area contributed by atoms with E-state index >= 15 is 0 Å². The summed E-state index contributed by atoms with van der Waals surface area (Å²) >= 11 is 0. The summed E-state index contributed by atoms with van der Waals surface area (Å²) in [5.41, 5.74) is 6.48. The monoisotopic (exact) mass is 217 g/mol. The SMILES string of the molecule is Nc1ccc2ccnc(NCCCO)c2c1. The van der Waals surface area contributed by atoms with Crippen LogP contribution in [0.15, 0.2) is 30.5 Å². The Morgan fingerprint density at radius 2 is 2.19 bits per heavy atom. The second-order valence-corrected chi connectivity index (χ2v) is 3.64. The van der Waals surface area contributed by atoms with E-state index in [1.807, 2.05) is 24.3 Å². The van der Waals surface area contributed by atoms with E-state index in [-0.39, 0.29) is 6.61 Å². The summed E-state index contributed by atoms with van der Waals surface area (Å²) in [5.74, 6) is 0.818. The summed E-state index contributed by atoms with van der Waals surface area (Å²) in [6.07, 6.45) is 2.47. The number of aliphatic hydroxyl groups excluding tert-OH is 1. The van der Waals surface area contributed by atoms with Crippen LogP contribution in [0.25, 0.3) is 10.8 Å².